The van der Waals surface area contributed by atoms with Gasteiger partial charge in [-0.15, -0.1) is 0 Å². The molecule has 0 spiro atoms. The van der Waals surface area contributed by atoms with Gasteiger partial charge >= 0.3 is 0 Å². The van der Waals surface area contributed by atoms with Gasteiger partial charge in [0.25, 0.3) is 0 Å². The molecule has 6 nitrogen and oxygen atoms in total. The highest BCUT2D eigenvalue weighted by Crippen LogP contribution is 2.29. The molecule has 0 saturated heterocycles. The molecule has 31 heavy (non-hydrogen) atoms. The van der Waals surface area contributed by atoms with Crippen molar-refractivity contribution in [1.82, 2.24) is 15.3 Å². The number of aromatic nitrogens is 2. The van der Waals surface area contributed by atoms with Crippen LogP contribution in [-0.4, -0.2) is 49.2 Å². The molecule has 0 unspecified atom stereocenters. The Morgan fingerprint density at radius 1 is 1.16 bits per heavy atom. The summed E-state index contributed by atoms with van der Waals surface area (Å²) in [6.07, 6.45) is 0.390. The molecule has 0 radical (unpaired) electrons. The van der Waals surface area contributed by atoms with Crippen LogP contribution in [0.3, 0.4) is 0 Å². The lowest BCUT2D eigenvalue weighted by Gasteiger charge is -2.27. The van der Waals surface area contributed by atoms with Crippen LogP contribution in [-0.2, 0) is 9.53 Å². The molecular formula is C24H29BrN4O2. The highest BCUT2D eigenvalue weighted by atomic mass is 79.9. The van der Waals surface area contributed by atoms with Crippen LogP contribution in [0.4, 0.5) is 5.82 Å². The molecule has 1 heterocycles. The number of hydrogen-bond acceptors (Lipinski definition) is 5. The number of benzene rings is 2. The van der Waals surface area contributed by atoms with E-state index in [4.69, 9.17) is 14.7 Å². The van der Waals surface area contributed by atoms with Gasteiger partial charge in [-0.25, -0.2) is 9.97 Å². The average molecular weight is 485 g/mol. The number of fused-ring (bicyclic) bond motifs is 1. The van der Waals surface area contributed by atoms with Crippen LogP contribution < -0.4 is 10.2 Å². The van der Waals surface area contributed by atoms with Gasteiger partial charge in [0.15, 0.2) is 5.82 Å². The number of carbonyl (C=O) groups excluding carboxylic acids is 1. The minimum absolute atomic E-state index is 0.0105. The van der Waals surface area contributed by atoms with Gasteiger partial charge in [-0.05, 0) is 30.2 Å². The van der Waals surface area contributed by atoms with E-state index in [1.54, 1.807) is 7.11 Å². The number of amides is 1. The van der Waals surface area contributed by atoms with E-state index in [2.05, 4.69) is 40.0 Å². The summed E-state index contributed by atoms with van der Waals surface area (Å²) in [5.74, 6) is 1.96. The van der Waals surface area contributed by atoms with Crippen molar-refractivity contribution >= 4 is 38.6 Å². The van der Waals surface area contributed by atoms with E-state index in [0.717, 1.165) is 33.3 Å². The molecule has 0 atom stereocenters. The third kappa shape index (κ3) is 6.48. The van der Waals surface area contributed by atoms with E-state index in [1.807, 2.05) is 48.5 Å². The molecule has 1 amide bonds. The van der Waals surface area contributed by atoms with Gasteiger partial charge in [0.05, 0.1) is 12.1 Å². The predicted molar refractivity (Wildman–Crippen MR) is 129 cm³/mol. The minimum Gasteiger partial charge on any atom is -0.383 e. The van der Waals surface area contributed by atoms with Crippen molar-refractivity contribution in [1.29, 1.82) is 0 Å². The molecule has 7 heteroatoms. The summed E-state index contributed by atoms with van der Waals surface area (Å²) in [6.45, 7) is 6.74. The molecule has 3 aromatic rings. The standard InChI is InChI=1S/C24H29BrN4O2/c1-17(2)16-29(13-11-22(30)26-12-14-31-3)24-20-9-4-5-10-21(20)27-23(28-24)18-7-6-8-19(25)15-18/h4-10,15,17H,11-14,16H2,1-3H3,(H,26,30). The Morgan fingerprint density at radius 2 is 1.97 bits per heavy atom. The van der Waals surface area contributed by atoms with Gasteiger partial charge in [0.1, 0.15) is 5.82 Å². The molecule has 0 saturated carbocycles. The van der Waals surface area contributed by atoms with Gasteiger partial charge in [-0.3, -0.25) is 4.79 Å². The number of nitrogens with zero attached hydrogens (tertiary/aromatic N) is 3. The zero-order valence-corrected chi connectivity index (χ0v) is 19.9. The highest BCUT2D eigenvalue weighted by Gasteiger charge is 2.18. The maximum Gasteiger partial charge on any atom is 0.221 e. The maximum absolute atomic E-state index is 12.3. The van der Waals surface area contributed by atoms with Crippen molar-refractivity contribution in [2.75, 3.05) is 38.3 Å². The summed E-state index contributed by atoms with van der Waals surface area (Å²) in [5.41, 5.74) is 1.84. The predicted octanol–water partition coefficient (Wildman–Crippen LogP) is 4.67. The summed E-state index contributed by atoms with van der Waals surface area (Å²) in [4.78, 5) is 24.3. The SMILES string of the molecule is COCCNC(=O)CCN(CC(C)C)c1nc(-c2cccc(Br)c2)nc2ccccc12. The van der Waals surface area contributed by atoms with Crippen LogP contribution in [0.25, 0.3) is 22.3 Å². The van der Waals surface area contributed by atoms with E-state index in [9.17, 15) is 4.79 Å². The molecule has 1 aromatic heterocycles. The van der Waals surface area contributed by atoms with Gasteiger partial charge in [0.2, 0.25) is 5.91 Å². The fraction of sp³-hybridized carbons (Fsp3) is 0.375. The zero-order chi connectivity index (χ0) is 22.2. The van der Waals surface area contributed by atoms with Crippen molar-refractivity contribution in [2.45, 2.75) is 20.3 Å². The smallest absolute Gasteiger partial charge is 0.221 e. The monoisotopic (exact) mass is 484 g/mol. The van der Waals surface area contributed by atoms with Gasteiger partial charge < -0.3 is 15.0 Å². The van der Waals surface area contributed by atoms with E-state index in [0.29, 0.717) is 37.9 Å². The van der Waals surface area contributed by atoms with Crippen LogP contribution in [0.2, 0.25) is 0 Å². The van der Waals surface area contributed by atoms with Gasteiger partial charge in [-0.2, -0.15) is 0 Å². The largest absolute Gasteiger partial charge is 0.383 e. The number of methoxy groups -OCH3 is 1. The first-order valence-electron chi connectivity index (χ1n) is 10.5. The Labute approximate surface area is 192 Å². The van der Waals surface area contributed by atoms with Crippen LogP contribution in [0.5, 0.6) is 0 Å². The van der Waals surface area contributed by atoms with E-state index >= 15 is 0 Å². The number of anilines is 1. The summed E-state index contributed by atoms with van der Waals surface area (Å²) < 4.78 is 5.99. The first kappa shape index (κ1) is 23.2. The lowest BCUT2D eigenvalue weighted by atomic mass is 10.1. The molecular weight excluding hydrogens is 456 g/mol. The zero-order valence-electron chi connectivity index (χ0n) is 18.3. The average Bonchev–Trinajstić information content (AvgIpc) is 2.76. The van der Waals surface area contributed by atoms with Crippen molar-refractivity contribution in [3.63, 3.8) is 0 Å². The molecule has 0 fully saturated rings. The van der Waals surface area contributed by atoms with Crippen molar-refractivity contribution < 1.29 is 9.53 Å². The second-order valence-electron chi connectivity index (χ2n) is 7.83. The number of para-hydroxylation sites is 1. The van der Waals surface area contributed by atoms with Crippen molar-refractivity contribution in [2.24, 2.45) is 5.92 Å². The Kier molecular flexibility index (Phi) is 8.37. The molecule has 2 aromatic carbocycles. The van der Waals surface area contributed by atoms with Gasteiger partial charge in [-0.1, -0.05) is 54.0 Å². The number of halogens is 1. The third-order valence-electron chi connectivity index (χ3n) is 4.79. The third-order valence-corrected chi connectivity index (χ3v) is 5.28. The second kappa shape index (κ2) is 11.2. The number of ether oxygens (including phenoxy) is 1. The first-order valence-corrected chi connectivity index (χ1v) is 11.3. The summed E-state index contributed by atoms with van der Waals surface area (Å²) in [5, 5.41) is 3.88. The molecule has 0 bridgehead atoms. The highest BCUT2D eigenvalue weighted by molar-refractivity contribution is 9.10. The molecule has 0 aliphatic rings. The van der Waals surface area contributed by atoms with Crippen LogP contribution in [0.1, 0.15) is 20.3 Å². The molecule has 164 valence electrons. The Bertz CT molecular complexity index is 1030. The van der Waals surface area contributed by atoms with Crippen LogP contribution >= 0.6 is 15.9 Å². The quantitative estimate of drug-likeness (QED) is 0.423. The first-order chi connectivity index (χ1) is 15.0. The summed E-state index contributed by atoms with van der Waals surface area (Å²) >= 11 is 3.54. The van der Waals surface area contributed by atoms with Crippen molar-refractivity contribution in [3.8, 4) is 11.4 Å². The van der Waals surface area contributed by atoms with Crippen LogP contribution in [0, 0.1) is 5.92 Å². The molecule has 0 aliphatic carbocycles. The fourth-order valence-corrected chi connectivity index (χ4v) is 3.80. The molecule has 1 N–H and O–H groups in total. The Morgan fingerprint density at radius 3 is 2.71 bits per heavy atom. The summed E-state index contributed by atoms with van der Waals surface area (Å²) in [7, 11) is 1.62. The lowest BCUT2D eigenvalue weighted by molar-refractivity contribution is -0.121. The number of hydrogen-bond donors (Lipinski definition) is 1. The number of nitrogens with one attached hydrogen (secondary N) is 1. The van der Waals surface area contributed by atoms with E-state index in [-0.39, 0.29) is 5.91 Å². The van der Waals surface area contributed by atoms with E-state index in [1.165, 1.54) is 0 Å². The Balaban J connectivity index is 1.96. The topological polar surface area (TPSA) is 67.3 Å². The Hall–Kier alpha value is -2.51. The molecule has 0 aliphatic heterocycles. The minimum atomic E-state index is 0.0105. The second-order valence-corrected chi connectivity index (χ2v) is 8.75. The maximum atomic E-state index is 12.3. The fourth-order valence-electron chi connectivity index (χ4n) is 3.40. The van der Waals surface area contributed by atoms with Crippen molar-refractivity contribution in [3.05, 3.63) is 53.0 Å². The normalized spacial score (nSPS) is 11.1. The lowest BCUT2D eigenvalue weighted by Crippen LogP contribution is -2.34. The van der Waals surface area contributed by atoms with Crippen LogP contribution in [0.15, 0.2) is 53.0 Å². The van der Waals surface area contributed by atoms with E-state index < -0.39 is 0 Å². The number of rotatable bonds is 10. The number of carbonyl (C=O) groups is 1. The van der Waals surface area contributed by atoms with Gasteiger partial charge in [0, 0.05) is 48.6 Å². The molecule has 3 rings (SSSR count). The summed E-state index contributed by atoms with van der Waals surface area (Å²) in [6, 6.07) is 16.0.